The topological polar surface area (TPSA) is 48.0 Å². The van der Waals surface area contributed by atoms with E-state index in [2.05, 4.69) is 9.64 Å². The number of hydrogen-bond donors (Lipinski definition) is 0. The number of carbonyl (C=O) groups excluding carboxylic acids is 1. The number of benzene rings is 2. The quantitative estimate of drug-likeness (QED) is 0.435. The van der Waals surface area contributed by atoms with E-state index >= 15 is 0 Å². The number of likely N-dealkylation sites (tertiary alicyclic amines) is 1. The fourth-order valence-corrected chi connectivity index (χ4v) is 4.06. The van der Waals surface area contributed by atoms with E-state index < -0.39 is 6.61 Å². The third kappa shape index (κ3) is 7.70. The Morgan fingerprint density at radius 3 is 2.67 bits per heavy atom. The number of ether oxygens (including phenoxy) is 3. The van der Waals surface area contributed by atoms with Gasteiger partial charge in [-0.25, -0.2) is 0 Å². The number of rotatable bonds is 11. The largest absolute Gasteiger partial charge is 0.493 e. The summed E-state index contributed by atoms with van der Waals surface area (Å²) in [6.45, 7) is 2.17. The summed E-state index contributed by atoms with van der Waals surface area (Å²) in [7, 11) is 2.05. The van der Waals surface area contributed by atoms with Gasteiger partial charge in [0, 0.05) is 19.0 Å². The van der Waals surface area contributed by atoms with E-state index in [4.69, 9.17) is 9.47 Å². The Hall–Kier alpha value is -2.67. The fraction of sp³-hybridized carbons (Fsp3) is 0.500. The molecule has 0 saturated carbocycles. The number of hydrogen-bond acceptors (Lipinski definition) is 5. The average molecular weight is 462 g/mol. The molecule has 0 bridgehead atoms. The molecule has 1 aliphatic rings. The summed E-state index contributed by atoms with van der Waals surface area (Å²) >= 11 is 0. The lowest BCUT2D eigenvalue weighted by molar-refractivity contribution is -0.152. The molecule has 0 aliphatic carbocycles. The Bertz CT molecular complexity index is 905. The third-order valence-corrected chi connectivity index (χ3v) is 5.89. The van der Waals surface area contributed by atoms with E-state index in [1.165, 1.54) is 6.07 Å². The zero-order chi connectivity index (χ0) is 23.8. The van der Waals surface area contributed by atoms with Crippen LogP contribution in [0, 0.1) is 5.92 Å². The monoisotopic (exact) mass is 461 g/mol. The van der Waals surface area contributed by atoms with Crippen molar-refractivity contribution in [3.63, 3.8) is 0 Å². The van der Waals surface area contributed by atoms with Crippen LogP contribution in [0.3, 0.4) is 0 Å². The highest BCUT2D eigenvalue weighted by Gasteiger charge is 2.32. The van der Waals surface area contributed by atoms with Crippen molar-refractivity contribution in [1.82, 2.24) is 4.90 Å². The van der Waals surface area contributed by atoms with Crippen LogP contribution in [0.1, 0.15) is 37.8 Å². The molecule has 180 valence electrons. The minimum Gasteiger partial charge on any atom is -0.493 e. The van der Waals surface area contributed by atoms with Gasteiger partial charge in [-0.2, -0.15) is 8.78 Å². The van der Waals surface area contributed by atoms with Crippen LogP contribution in [0.25, 0.3) is 0 Å². The number of aryl methyl sites for hydroxylation is 2. The van der Waals surface area contributed by atoms with Crippen LogP contribution in [0.2, 0.25) is 0 Å². The van der Waals surface area contributed by atoms with Crippen LogP contribution in [-0.2, 0) is 22.4 Å². The van der Waals surface area contributed by atoms with Crippen LogP contribution in [0.15, 0.2) is 48.5 Å². The van der Waals surface area contributed by atoms with Gasteiger partial charge in [-0.05, 0) is 55.6 Å². The van der Waals surface area contributed by atoms with E-state index in [9.17, 15) is 13.6 Å². The van der Waals surface area contributed by atoms with Gasteiger partial charge < -0.3 is 14.2 Å². The number of alkyl halides is 2. The molecule has 33 heavy (non-hydrogen) atoms. The molecule has 0 N–H and O–H groups in total. The molecular weight excluding hydrogens is 428 g/mol. The van der Waals surface area contributed by atoms with Crippen molar-refractivity contribution in [2.45, 2.75) is 58.3 Å². The molecule has 7 heteroatoms. The van der Waals surface area contributed by atoms with E-state index in [1.807, 2.05) is 51.2 Å². The van der Waals surface area contributed by atoms with Gasteiger partial charge in [0.1, 0.15) is 17.6 Å². The number of likely N-dealkylation sites (N-methyl/N-ethyl adjacent to an activating group) is 1. The number of carbonyl (C=O) groups is 1. The minimum absolute atomic E-state index is 0.0630. The van der Waals surface area contributed by atoms with Crippen molar-refractivity contribution < 1.29 is 27.8 Å². The van der Waals surface area contributed by atoms with Crippen molar-refractivity contribution in [2.24, 2.45) is 5.92 Å². The molecular formula is C26H33F2NO4. The summed E-state index contributed by atoms with van der Waals surface area (Å²) < 4.78 is 41.1. The summed E-state index contributed by atoms with van der Waals surface area (Å²) in [5, 5.41) is 0. The van der Waals surface area contributed by atoms with Crippen LogP contribution in [-0.4, -0.2) is 49.8 Å². The van der Waals surface area contributed by atoms with Gasteiger partial charge in [0.05, 0.1) is 12.5 Å². The first kappa shape index (κ1) is 25.0. The summed E-state index contributed by atoms with van der Waals surface area (Å²) in [6, 6.07) is 15.0. The van der Waals surface area contributed by atoms with Crippen molar-refractivity contribution in [2.75, 3.05) is 20.2 Å². The molecule has 0 unspecified atom stereocenters. The molecule has 3 rings (SSSR count). The maximum atomic E-state index is 12.5. The van der Waals surface area contributed by atoms with Crippen LogP contribution < -0.4 is 9.47 Å². The second kappa shape index (κ2) is 12.0. The lowest BCUT2D eigenvalue weighted by atomic mass is 10.0. The standard InChI is InChI=1S/C26H33F2NO4/c1-18(2)25(30)32-23-16-21(29(3)17-23)13-14-31-24-10-5-4-8-20(24)12-11-19-7-6-9-22(15-19)33-26(27)28/h4-10,15,18,21,23,26H,11-14,16-17H2,1-3H3/t21-,23-/m1/s1. The molecule has 1 aliphatic heterocycles. The molecule has 2 aromatic carbocycles. The third-order valence-electron chi connectivity index (χ3n) is 5.89. The Kier molecular flexibility index (Phi) is 9.06. The smallest absolute Gasteiger partial charge is 0.387 e. The van der Waals surface area contributed by atoms with Gasteiger partial charge in [0.25, 0.3) is 0 Å². The Morgan fingerprint density at radius 2 is 1.91 bits per heavy atom. The molecule has 0 aromatic heterocycles. The molecule has 5 nitrogen and oxygen atoms in total. The SMILES string of the molecule is CC(C)C(=O)O[C@@H]1C[C@@H](CCOc2ccccc2CCc2cccc(OC(F)F)c2)N(C)C1. The predicted octanol–water partition coefficient (Wildman–Crippen LogP) is 5.11. The van der Waals surface area contributed by atoms with Gasteiger partial charge in [0.15, 0.2) is 0 Å². The van der Waals surface area contributed by atoms with Crippen molar-refractivity contribution in [1.29, 1.82) is 0 Å². The van der Waals surface area contributed by atoms with E-state index in [0.29, 0.717) is 19.1 Å². The highest BCUT2D eigenvalue weighted by molar-refractivity contribution is 5.71. The van der Waals surface area contributed by atoms with E-state index in [-0.39, 0.29) is 23.7 Å². The normalized spacial score (nSPS) is 18.6. The first-order chi connectivity index (χ1) is 15.8. The fourth-order valence-electron chi connectivity index (χ4n) is 4.06. The van der Waals surface area contributed by atoms with E-state index in [1.54, 1.807) is 12.1 Å². The van der Waals surface area contributed by atoms with Crippen molar-refractivity contribution >= 4 is 5.97 Å². The van der Waals surface area contributed by atoms with Crippen LogP contribution >= 0.6 is 0 Å². The summed E-state index contributed by atoms with van der Waals surface area (Å²) in [6.07, 6.45) is 3.01. The minimum atomic E-state index is -2.83. The maximum Gasteiger partial charge on any atom is 0.387 e. The molecule has 2 atom stereocenters. The highest BCUT2D eigenvalue weighted by Crippen LogP contribution is 2.25. The molecule has 2 aromatic rings. The summed E-state index contributed by atoms with van der Waals surface area (Å²) in [5.74, 6) is 0.741. The molecule has 1 heterocycles. The second-order valence-electron chi connectivity index (χ2n) is 8.81. The lowest BCUT2D eigenvalue weighted by Crippen LogP contribution is -2.27. The molecule has 0 spiro atoms. The van der Waals surface area contributed by atoms with E-state index in [0.717, 1.165) is 42.7 Å². The molecule has 0 amide bonds. The summed E-state index contributed by atoms with van der Waals surface area (Å²) in [4.78, 5) is 14.1. The second-order valence-corrected chi connectivity index (χ2v) is 8.81. The first-order valence-corrected chi connectivity index (χ1v) is 11.5. The number of para-hydroxylation sites is 1. The zero-order valence-corrected chi connectivity index (χ0v) is 19.5. The van der Waals surface area contributed by atoms with Crippen LogP contribution in [0.5, 0.6) is 11.5 Å². The van der Waals surface area contributed by atoms with Gasteiger partial charge in [-0.3, -0.25) is 9.69 Å². The number of halogens is 2. The van der Waals surface area contributed by atoms with Gasteiger partial charge in [-0.1, -0.05) is 44.2 Å². The average Bonchev–Trinajstić information content (AvgIpc) is 3.11. The van der Waals surface area contributed by atoms with Gasteiger partial charge in [0.2, 0.25) is 0 Å². The maximum absolute atomic E-state index is 12.5. The van der Waals surface area contributed by atoms with Gasteiger partial charge in [-0.15, -0.1) is 0 Å². The zero-order valence-electron chi connectivity index (χ0n) is 19.5. The Morgan fingerprint density at radius 1 is 1.12 bits per heavy atom. The Balaban J connectivity index is 1.49. The summed E-state index contributed by atoms with van der Waals surface area (Å²) in [5.41, 5.74) is 2.00. The highest BCUT2D eigenvalue weighted by atomic mass is 19.3. The molecule has 1 saturated heterocycles. The van der Waals surface area contributed by atoms with Crippen molar-refractivity contribution in [3.8, 4) is 11.5 Å². The number of esters is 1. The number of nitrogens with zero attached hydrogens (tertiary/aromatic N) is 1. The first-order valence-electron chi connectivity index (χ1n) is 11.5. The Labute approximate surface area is 194 Å². The van der Waals surface area contributed by atoms with Crippen LogP contribution in [0.4, 0.5) is 8.78 Å². The molecule has 0 radical (unpaired) electrons. The van der Waals surface area contributed by atoms with Gasteiger partial charge >= 0.3 is 12.6 Å². The molecule has 1 fully saturated rings. The predicted molar refractivity (Wildman–Crippen MR) is 123 cm³/mol. The van der Waals surface area contributed by atoms with Crippen molar-refractivity contribution in [3.05, 3.63) is 59.7 Å². The lowest BCUT2D eigenvalue weighted by Gasteiger charge is -2.19.